The standard InChI is InChI=1S/C14H16N2O/c1-9-4-5-12(8-10(9)2)17-14-7-6-13(15)11(3)16-14/h4-8H,15H2,1-3H3. The lowest BCUT2D eigenvalue weighted by Crippen LogP contribution is -1.95. The van der Waals surface area contributed by atoms with Crippen molar-refractivity contribution in [3.05, 3.63) is 47.2 Å². The summed E-state index contributed by atoms with van der Waals surface area (Å²) in [5, 5.41) is 0. The molecule has 0 amide bonds. The molecule has 0 aliphatic carbocycles. The predicted octanol–water partition coefficient (Wildman–Crippen LogP) is 3.38. The third kappa shape index (κ3) is 2.56. The average molecular weight is 228 g/mol. The third-order valence-electron chi connectivity index (χ3n) is 2.80. The van der Waals surface area contributed by atoms with Crippen LogP contribution in [-0.4, -0.2) is 4.98 Å². The Morgan fingerprint density at radius 2 is 1.76 bits per heavy atom. The lowest BCUT2D eigenvalue weighted by Gasteiger charge is -2.08. The number of hydrogen-bond acceptors (Lipinski definition) is 3. The number of nitrogen functional groups attached to an aromatic ring is 1. The fourth-order valence-corrected chi connectivity index (χ4v) is 1.50. The van der Waals surface area contributed by atoms with E-state index in [0.29, 0.717) is 11.6 Å². The number of nitrogens with two attached hydrogens (primary N) is 1. The van der Waals surface area contributed by atoms with Crippen LogP contribution in [-0.2, 0) is 0 Å². The summed E-state index contributed by atoms with van der Waals surface area (Å²) in [5.41, 5.74) is 9.62. The molecule has 2 aromatic rings. The van der Waals surface area contributed by atoms with E-state index in [1.807, 2.05) is 25.1 Å². The quantitative estimate of drug-likeness (QED) is 0.857. The lowest BCUT2D eigenvalue weighted by molar-refractivity contribution is 0.461. The number of aromatic nitrogens is 1. The maximum Gasteiger partial charge on any atom is 0.219 e. The van der Waals surface area contributed by atoms with E-state index in [4.69, 9.17) is 10.5 Å². The van der Waals surface area contributed by atoms with E-state index in [1.54, 1.807) is 12.1 Å². The number of hydrogen-bond donors (Lipinski definition) is 1. The molecule has 0 aliphatic heterocycles. The van der Waals surface area contributed by atoms with Crippen LogP contribution >= 0.6 is 0 Å². The van der Waals surface area contributed by atoms with Gasteiger partial charge in [-0.15, -0.1) is 0 Å². The van der Waals surface area contributed by atoms with Gasteiger partial charge in [-0.3, -0.25) is 0 Å². The van der Waals surface area contributed by atoms with Gasteiger partial charge in [0.15, 0.2) is 0 Å². The van der Waals surface area contributed by atoms with Crippen LogP contribution in [0.25, 0.3) is 0 Å². The molecule has 0 unspecified atom stereocenters. The van der Waals surface area contributed by atoms with Crippen LogP contribution in [0.4, 0.5) is 5.69 Å². The highest BCUT2D eigenvalue weighted by Gasteiger charge is 2.02. The van der Waals surface area contributed by atoms with E-state index in [9.17, 15) is 0 Å². The molecule has 88 valence electrons. The van der Waals surface area contributed by atoms with Crippen LogP contribution in [0, 0.1) is 20.8 Å². The fourth-order valence-electron chi connectivity index (χ4n) is 1.50. The average Bonchev–Trinajstić information content (AvgIpc) is 2.29. The third-order valence-corrected chi connectivity index (χ3v) is 2.80. The first-order valence-electron chi connectivity index (χ1n) is 5.54. The van der Waals surface area contributed by atoms with Gasteiger partial charge in [0.2, 0.25) is 5.88 Å². The largest absolute Gasteiger partial charge is 0.439 e. The summed E-state index contributed by atoms with van der Waals surface area (Å²) in [6.07, 6.45) is 0. The van der Waals surface area contributed by atoms with Crippen molar-refractivity contribution in [2.45, 2.75) is 20.8 Å². The molecule has 0 atom stereocenters. The first-order chi connectivity index (χ1) is 8.06. The number of pyridine rings is 1. The molecule has 0 saturated carbocycles. The van der Waals surface area contributed by atoms with E-state index in [-0.39, 0.29) is 0 Å². The molecular formula is C14H16N2O. The topological polar surface area (TPSA) is 48.1 Å². The predicted molar refractivity (Wildman–Crippen MR) is 69.4 cm³/mol. The van der Waals surface area contributed by atoms with Crippen molar-refractivity contribution >= 4 is 5.69 Å². The Labute approximate surface area is 101 Å². The summed E-state index contributed by atoms with van der Waals surface area (Å²) in [4.78, 5) is 4.27. The normalized spacial score (nSPS) is 10.3. The lowest BCUT2D eigenvalue weighted by atomic mass is 10.1. The molecule has 2 N–H and O–H groups in total. The van der Waals surface area contributed by atoms with Gasteiger partial charge in [-0.05, 0) is 50.1 Å². The first kappa shape index (κ1) is 11.5. The minimum Gasteiger partial charge on any atom is -0.439 e. The van der Waals surface area contributed by atoms with Gasteiger partial charge >= 0.3 is 0 Å². The van der Waals surface area contributed by atoms with Gasteiger partial charge in [0.05, 0.1) is 11.4 Å². The Bertz CT molecular complexity index is 500. The van der Waals surface area contributed by atoms with Crippen LogP contribution in [0.15, 0.2) is 30.3 Å². The monoisotopic (exact) mass is 228 g/mol. The molecule has 3 heteroatoms. The Morgan fingerprint density at radius 3 is 2.41 bits per heavy atom. The van der Waals surface area contributed by atoms with Gasteiger partial charge in [0, 0.05) is 6.07 Å². The minimum atomic E-state index is 0.569. The number of aryl methyl sites for hydroxylation is 3. The van der Waals surface area contributed by atoms with E-state index in [0.717, 1.165) is 11.4 Å². The molecule has 0 saturated heterocycles. The smallest absolute Gasteiger partial charge is 0.219 e. The zero-order valence-electron chi connectivity index (χ0n) is 10.3. The van der Waals surface area contributed by atoms with Crippen molar-refractivity contribution in [1.29, 1.82) is 0 Å². The summed E-state index contributed by atoms with van der Waals surface area (Å²) in [6.45, 7) is 6.00. The van der Waals surface area contributed by atoms with Crippen LogP contribution in [0.5, 0.6) is 11.6 Å². The second kappa shape index (κ2) is 4.45. The van der Waals surface area contributed by atoms with E-state index in [1.165, 1.54) is 11.1 Å². The Hall–Kier alpha value is -2.03. The van der Waals surface area contributed by atoms with Gasteiger partial charge in [-0.1, -0.05) is 6.07 Å². The summed E-state index contributed by atoms with van der Waals surface area (Å²) >= 11 is 0. The maximum absolute atomic E-state index is 5.71. The summed E-state index contributed by atoms with van der Waals surface area (Å²) in [5.74, 6) is 1.37. The van der Waals surface area contributed by atoms with Gasteiger partial charge in [-0.25, -0.2) is 4.98 Å². The number of ether oxygens (including phenoxy) is 1. The molecule has 0 radical (unpaired) electrons. The van der Waals surface area contributed by atoms with Crippen molar-refractivity contribution in [2.75, 3.05) is 5.73 Å². The molecule has 1 heterocycles. The minimum absolute atomic E-state index is 0.569. The molecule has 1 aromatic carbocycles. The van der Waals surface area contributed by atoms with Crippen molar-refractivity contribution in [3.63, 3.8) is 0 Å². The molecular weight excluding hydrogens is 212 g/mol. The Balaban J connectivity index is 2.25. The number of benzene rings is 1. The second-order valence-electron chi connectivity index (χ2n) is 4.17. The molecule has 3 nitrogen and oxygen atoms in total. The number of nitrogens with zero attached hydrogens (tertiary/aromatic N) is 1. The van der Waals surface area contributed by atoms with Gasteiger partial charge in [-0.2, -0.15) is 0 Å². The zero-order chi connectivity index (χ0) is 12.4. The maximum atomic E-state index is 5.71. The van der Waals surface area contributed by atoms with Crippen LogP contribution in [0.2, 0.25) is 0 Å². The molecule has 0 spiro atoms. The van der Waals surface area contributed by atoms with E-state index < -0.39 is 0 Å². The van der Waals surface area contributed by atoms with Crippen LogP contribution in [0.3, 0.4) is 0 Å². The van der Waals surface area contributed by atoms with Gasteiger partial charge < -0.3 is 10.5 Å². The first-order valence-corrected chi connectivity index (χ1v) is 5.54. The van der Waals surface area contributed by atoms with Crippen molar-refractivity contribution in [3.8, 4) is 11.6 Å². The van der Waals surface area contributed by atoms with Gasteiger partial charge in [0.1, 0.15) is 5.75 Å². The number of rotatable bonds is 2. The fraction of sp³-hybridized carbons (Fsp3) is 0.214. The van der Waals surface area contributed by atoms with Crippen molar-refractivity contribution in [1.82, 2.24) is 4.98 Å². The Morgan fingerprint density at radius 1 is 1.00 bits per heavy atom. The highest BCUT2D eigenvalue weighted by molar-refractivity contribution is 5.44. The van der Waals surface area contributed by atoms with E-state index in [2.05, 4.69) is 18.8 Å². The van der Waals surface area contributed by atoms with Crippen molar-refractivity contribution in [2.24, 2.45) is 0 Å². The Kier molecular flexibility index (Phi) is 3.00. The second-order valence-corrected chi connectivity index (χ2v) is 4.17. The molecule has 1 aromatic heterocycles. The molecule has 2 rings (SSSR count). The number of anilines is 1. The van der Waals surface area contributed by atoms with Crippen LogP contribution < -0.4 is 10.5 Å². The summed E-state index contributed by atoms with van der Waals surface area (Å²) in [6, 6.07) is 9.56. The molecule has 0 aliphatic rings. The molecule has 17 heavy (non-hydrogen) atoms. The zero-order valence-corrected chi connectivity index (χ0v) is 10.3. The summed E-state index contributed by atoms with van der Waals surface area (Å²) < 4.78 is 5.68. The van der Waals surface area contributed by atoms with Crippen LogP contribution in [0.1, 0.15) is 16.8 Å². The highest BCUT2D eigenvalue weighted by atomic mass is 16.5. The van der Waals surface area contributed by atoms with Crippen molar-refractivity contribution < 1.29 is 4.74 Å². The summed E-state index contributed by atoms with van der Waals surface area (Å²) in [7, 11) is 0. The molecule has 0 bridgehead atoms. The molecule has 0 fully saturated rings. The SMILES string of the molecule is Cc1ccc(Oc2ccc(N)c(C)n2)cc1C. The van der Waals surface area contributed by atoms with E-state index >= 15 is 0 Å². The highest BCUT2D eigenvalue weighted by Crippen LogP contribution is 2.23. The van der Waals surface area contributed by atoms with Gasteiger partial charge in [0.25, 0.3) is 0 Å².